The van der Waals surface area contributed by atoms with Gasteiger partial charge in [0, 0.05) is 18.2 Å². The van der Waals surface area contributed by atoms with Gasteiger partial charge in [0.2, 0.25) is 5.95 Å². The van der Waals surface area contributed by atoms with Gasteiger partial charge in [-0.3, -0.25) is 0 Å². The van der Waals surface area contributed by atoms with Gasteiger partial charge in [0.1, 0.15) is 6.29 Å². The molecular formula is C13H10FNO. The number of rotatable bonds is 3. The fraction of sp³-hybridized carbons (Fsp3) is 0.0769. The molecule has 1 aromatic heterocycles. The first-order chi connectivity index (χ1) is 7.79. The van der Waals surface area contributed by atoms with Gasteiger partial charge in [0.25, 0.3) is 0 Å². The normalized spacial score (nSPS) is 10.1. The number of carbonyl (C=O) groups is 1. The maximum Gasteiger partial charge on any atom is 0.212 e. The Labute approximate surface area is 92.8 Å². The van der Waals surface area contributed by atoms with E-state index in [1.54, 1.807) is 6.07 Å². The molecule has 0 saturated heterocycles. The van der Waals surface area contributed by atoms with Gasteiger partial charge in [-0.2, -0.15) is 4.39 Å². The summed E-state index contributed by atoms with van der Waals surface area (Å²) in [4.78, 5) is 13.9. The Bertz CT molecular complexity index is 476. The van der Waals surface area contributed by atoms with Crippen molar-refractivity contribution in [3.05, 3.63) is 54.1 Å². The first kappa shape index (κ1) is 10.5. The maximum absolute atomic E-state index is 12.6. The summed E-state index contributed by atoms with van der Waals surface area (Å²) in [6.07, 6.45) is 2.78. The first-order valence-electron chi connectivity index (χ1n) is 4.94. The number of aldehydes is 1. The Kier molecular flexibility index (Phi) is 3.05. The van der Waals surface area contributed by atoms with E-state index in [9.17, 15) is 9.18 Å². The predicted octanol–water partition coefficient (Wildman–Crippen LogP) is 2.63. The Morgan fingerprint density at radius 1 is 1.06 bits per heavy atom. The largest absolute Gasteiger partial charge is 0.303 e. The van der Waals surface area contributed by atoms with Gasteiger partial charge in [0.05, 0.1) is 0 Å². The average molecular weight is 215 g/mol. The van der Waals surface area contributed by atoms with Crippen molar-refractivity contribution in [1.82, 2.24) is 4.98 Å². The van der Waals surface area contributed by atoms with Crippen LogP contribution in [0.25, 0.3) is 11.1 Å². The molecule has 3 heteroatoms. The van der Waals surface area contributed by atoms with Crippen LogP contribution in [0, 0.1) is 5.95 Å². The summed E-state index contributed by atoms with van der Waals surface area (Å²) in [6, 6.07) is 10.6. The molecule has 2 aromatic rings. The van der Waals surface area contributed by atoms with Crippen molar-refractivity contribution in [2.75, 3.05) is 0 Å². The van der Waals surface area contributed by atoms with Crippen LogP contribution in [-0.4, -0.2) is 11.3 Å². The molecule has 1 heterocycles. The van der Waals surface area contributed by atoms with Gasteiger partial charge in [-0.25, -0.2) is 4.98 Å². The summed E-state index contributed by atoms with van der Waals surface area (Å²) in [5, 5.41) is 0. The third kappa shape index (κ3) is 2.31. The summed E-state index contributed by atoms with van der Waals surface area (Å²) in [7, 11) is 0. The molecule has 0 N–H and O–H groups in total. The second kappa shape index (κ2) is 4.66. The number of hydrogen-bond acceptors (Lipinski definition) is 2. The molecule has 1 aromatic carbocycles. The zero-order chi connectivity index (χ0) is 11.4. The van der Waals surface area contributed by atoms with E-state index >= 15 is 0 Å². The predicted molar refractivity (Wildman–Crippen MR) is 59.4 cm³/mol. The second-order valence-corrected chi connectivity index (χ2v) is 3.44. The minimum Gasteiger partial charge on any atom is -0.303 e. The number of carbonyl (C=O) groups excluding carboxylic acids is 1. The maximum atomic E-state index is 12.6. The number of nitrogens with zero attached hydrogens (tertiary/aromatic N) is 1. The number of halogens is 1. The lowest BCUT2D eigenvalue weighted by Gasteiger charge is -2.02. The minimum atomic E-state index is -0.485. The lowest BCUT2D eigenvalue weighted by Crippen LogP contribution is -1.87. The van der Waals surface area contributed by atoms with E-state index in [4.69, 9.17) is 0 Å². The van der Waals surface area contributed by atoms with Crippen LogP contribution in [0.3, 0.4) is 0 Å². The van der Waals surface area contributed by atoms with Crippen molar-refractivity contribution in [2.24, 2.45) is 0 Å². The van der Waals surface area contributed by atoms with Crippen LogP contribution in [0.1, 0.15) is 5.56 Å². The summed E-state index contributed by atoms with van der Waals surface area (Å²) in [5.74, 6) is -0.485. The zero-order valence-electron chi connectivity index (χ0n) is 8.56. The molecule has 0 saturated carbocycles. The molecule has 2 nitrogen and oxygen atoms in total. The molecule has 0 aliphatic rings. The molecule has 0 atom stereocenters. The van der Waals surface area contributed by atoms with E-state index in [2.05, 4.69) is 4.98 Å². The average Bonchev–Trinajstić information content (AvgIpc) is 2.32. The molecule has 2 rings (SSSR count). The third-order valence-corrected chi connectivity index (χ3v) is 2.33. The Balaban J connectivity index is 2.27. The Morgan fingerprint density at radius 3 is 2.31 bits per heavy atom. The van der Waals surface area contributed by atoms with Gasteiger partial charge >= 0.3 is 0 Å². The number of hydrogen-bond donors (Lipinski definition) is 0. The summed E-state index contributed by atoms with van der Waals surface area (Å²) in [6.45, 7) is 0. The lowest BCUT2D eigenvalue weighted by atomic mass is 10.0. The van der Waals surface area contributed by atoms with Crippen molar-refractivity contribution in [2.45, 2.75) is 6.42 Å². The number of pyridine rings is 1. The summed E-state index contributed by atoms with van der Waals surface area (Å²) >= 11 is 0. The molecule has 0 amide bonds. The minimum absolute atomic E-state index is 0.419. The first-order valence-corrected chi connectivity index (χ1v) is 4.94. The molecule has 0 radical (unpaired) electrons. The highest BCUT2D eigenvalue weighted by molar-refractivity contribution is 5.63. The number of aromatic nitrogens is 1. The molecule has 0 fully saturated rings. The van der Waals surface area contributed by atoms with E-state index in [0.29, 0.717) is 6.42 Å². The van der Waals surface area contributed by atoms with Crippen LogP contribution in [0.4, 0.5) is 4.39 Å². The van der Waals surface area contributed by atoms with E-state index in [1.807, 2.05) is 24.3 Å². The molecule has 0 spiro atoms. The van der Waals surface area contributed by atoms with E-state index in [0.717, 1.165) is 23.0 Å². The van der Waals surface area contributed by atoms with Crippen molar-refractivity contribution >= 4 is 6.29 Å². The zero-order valence-corrected chi connectivity index (χ0v) is 8.56. The van der Waals surface area contributed by atoms with E-state index in [1.165, 1.54) is 12.3 Å². The molecule has 0 aliphatic carbocycles. The van der Waals surface area contributed by atoms with Crippen LogP contribution in [0.2, 0.25) is 0 Å². The molecule has 0 aliphatic heterocycles. The van der Waals surface area contributed by atoms with E-state index in [-0.39, 0.29) is 0 Å². The van der Waals surface area contributed by atoms with Gasteiger partial charge in [0.15, 0.2) is 0 Å². The summed E-state index contributed by atoms with van der Waals surface area (Å²) in [5.41, 5.74) is 2.79. The topological polar surface area (TPSA) is 30.0 Å². The number of benzene rings is 1. The van der Waals surface area contributed by atoms with Crippen molar-refractivity contribution in [3.8, 4) is 11.1 Å². The smallest absolute Gasteiger partial charge is 0.212 e. The molecule has 0 bridgehead atoms. The van der Waals surface area contributed by atoms with Crippen molar-refractivity contribution < 1.29 is 9.18 Å². The standard InChI is InChI=1S/C13H10FNO/c14-13-6-5-12(9-15-13)11-3-1-10(2-4-11)7-8-16/h1-6,8-9H,7H2. The van der Waals surface area contributed by atoms with Crippen LogP contribution in [0.5, 0.6) is 0 Å². The van der Waals surface area contributed by atoms with Gasteiger partial charge in [-0.1, -0.05) is 24.3 Å². The van der Waals surface area contributed by atoms with Crippen molar-refractivity contribution in [3.63, 3.8) is 0 Å². The highest BCUT2D eigenvalue weighted by Crippen LogP contribution is 2.18. The lowest BCUT2D eigenvalue weighted by molar-refractivity contribution is -0.107. The highest BCUT2D eigenvalue weighted by Gasteiger charge is 1.99. The fourth-order valence-electron chi connectivity index (χ4n) is 1.48. The monoisotopic (exact) mass is 215 g/mol. The van der Waals surface area contributed by atoms with Crippen LogP contribution in [0.15, 0.2) is 42.6 Å². The Morgan fingerprint density at radius 2 is 1.75 bits per heavy atom. The highest BCUT2D eigenvalue weighted by atomic mass is 19.1. The van der Waals surface area contributed by atoms with Crippen molar-refractivity contribution in [1.29, 1.82) is 0 Å². The Hall–Kier alpha value is -2.03. The molecular weight excluding hydrogens is 205 g/mol. The fourth-order valence-corrected chi connectivity index (χ4v) is 1.48. The SMILES string of the molecule is O=CCc1ccc(-c2ccc(F)nc2)cc1. The van der Waals surface area contributed by atoms with Gasteiger partial charge < -0.3 is 4.79 Å². The van der Waals surface area contributed by atoms with E-state index < -0.39 is 5.95 Å². The van der Waals surface area contributed by atoms with Crippen LogP contribution < -0.4 is 0 Å². The molecule has 16 heavy (non-hydrogen) atoms. The van der Waals surface area contributed by atoms with Gasteiger partial charge in [-0.15, -0.1) is 0 Å². The summed E-state index contributed by atoms with van der Waals surface area (Å²) < 4.78 is 12.6. The van der Waals surface area contributed by atoms with Crippen LogP contribution >= 0.6 is 0 Å². The second-order valence-electron chi connectivity index (χ2n) is 3.44. The third-order valence-electron chi connectivity index (χ3n) is 2.33. The van der Waals surface area contributed by atoms with Crippen LogP contribution in [-0.2, 0) is 11.2 Å². The molecule has 80 valence electrons. The molecule has 0 unspecified atom stereocenters. The quantitative estimate of drug-likeness (QED) is 0.582. The van der Waals surface area contributed by atoms with Gasteiger partial charge in [-0.05, 0) is 23.3 Å².